The number of piperidine rings is 1. The van der Waals surface area contributed by atoms with E-state index < -0.39 is 13.0 Å². The molecule has 8 heteroatoms. The molecule has 3 rings (SSSR count). The second kappa shape index (κ2) is 8.87. The van der Waals surface area contributed by atoms with Gasteiger partial charge in [-0.2, -0.15) is 0 Å². The van der Waals surface area contributed by atoms with E-state index in [0.717, 1.165) is 43.0 Å². The summed E-state index contributed by atoms with van der Waals surface area (Å²) in [5.41, 5.74) is 1.70. The van der Waals surface area contributed by atoms with Crippen LogP contribution >= 0.6 is 0 Å². The molecule has 0 aliphatic carbocycles. The minimum atomic E-state index is -2.40. The Kier molecular flexibility index (Phi) is 6.30. The van der Waals surface area contributed by atoms with Gasteiger partial charge in [-0.1, -0.05) is 0 Å². The van der Waals surface area contributed by atoms with Gasteiger partial charge in [-0.15, -0.1) is 0 Å². The van der Waals surface area contributed by atoms with Gasteiger partial charge >= 0.3 is 0 Å². The van der Waals surface area contributed by atoms with E-state index in [-0.39, 0.29) is 0 Å². The topological polar surface area (TPSA) is 64.0 Å². The molecule has 0 amide bonds. The monoisotopic (exact) mass is 349 g/mol. The molecular weight excluding hydrogens is 328 g/mol. The van der Waals surface area contributed by atoms with Gasteiger partial charge in [0.2, 0.25) is 0 Å². The van der Waals surface area contributed by atoms with Crippen molar-refractivity contribution in [1.82, 2.24) is 24.8 Å². The third kappa shape index (κ3) is 5.20. The first-order chi connectivity index (χ1) is 12.2. The quantitative estimate of drug-likeness (QED) is 0.715. The third-order valence-corrected chi connectivity index (χ3v) is 4.28. The molecule has 134 valence electrons. The Bertz CT molecular complexity index is 650. The number of hydrogen-bond donors (Lipinski definition) is 0. The van der Waals surface area contributed by atoms with Crippen molar-refractivity contribution >= 4 is 0 Å². The number of ether oxygens (including phenoxy) is 1. The highest BCUT2D eigenvalue weighted by molar-refractivity contribution is 5.55. The van der Waals surface area contributed by atoms with Gasteiger partial charge in [-0.3, -0.25) is 0 Å². The van der Waals surface area contributed by atoms with Crippen molar-refractivity contribution in [2.45, 2.75) is 25.2 Å². The third-order valence-electron chi connectivity index (χ3n) is 4.28. The van der Waals surface area contributed by atoms with Crippen molar-refractivity contribution < 1.29 is 13.5 Å². The van der Waals surface area contributed by atoms with Gasteiger partial charge in [0.1, 0.15) is 18.8 Å². The van der Waals surface area contributed by atoms with Crippen LogP contribution < -0.4 is 0 Å². The highest BCUT2D eigenvalue weighted by Crippen LogP contribution is 2.26. The number of rotatable bonds is 7. The molecule has 3 heterocycles. The molecule has 2 aromatic rings. The largest absolute Gasteiger partial charge is 0.374 e. The summed E-state index contributed by atoms with van der Waals surface area (Å²) in [6.45, 7) is 2.33. The van der Waals surface area contributed by atoms with Crippen molar-refractivity contribution in [3.63, 3.8) is 0 Å². The predicted octanol–water partition coefficient (Wildman–Crippen LogP) is 2.39. The lowest BCUT2D eigenvalue weighted by Gasteiger charge is -2.31. The smallest absolute Gasteiger partial charge is 0.261 e. The SMILES string of the molecule is FC(F)COCCN1CCC(c2nccc(-c3cncnc3)n2)CC1. The first-order valence-corrected chi connectivity index (χ1v) is 8.39. The maximum absolute atomic E-state index is 12.0. The molecule has 6 nitrogen and oxygen atoms in total. The molecule has 1 aliphatic rings. The van der Waals surface area contributed by atoms with Crippen molar-refractivity contribution in [2.75, 3.05) is 32.8 Å². The van der Waals surface area contributed by atoms with E-state index in [1.165, 1.54) is 6.33 Å². The molecular formula is C17H21F2N5O. The first-order valence-electron chi connectivity index (χ1n) is 8.39. The van der Waals surface area contributed by atoms with Crippen molar-refractivity contribution in [3.8, 4) is 11.3 Å². The van der Waals surface area contributed by atoms with Gasteiger partial charge in [0.05, 0.1) is 12.3 Å². The Morgan fingerprint density at radius 1 is 1.20 bits per heavy atom. The summed E-state index contributed by atoms with van der Waals surface area (Å²) in [5.74, 6) is 1.15. The summed E-state index contributed by atoms with van der Waals surface area (Å²) in [7, 11) is 0. The second-order valence-corrected chi connectivity index (χ2v) is 6.01. The van der Waals surface area contributed by atoms with Crippen LogP contribution in [0.2, 0.25) is 0 Å². The van der Waals surface area contributed by atoms with E-state index in [9.17, 15) is 8.78 Å². The average Bonchev–Trinajstić information content (AvgIpc) is 2.66. The zero-order valence-electron chi connectivity index (χ0n) is 13.9. The fourth-order valence-corrected chi connectivity index (χ4v) is 2.94. The average molecular weight is 349 g/mol. The Labute approximate surface area is 145 Å². The molecule has 0 radical (unpaired) electrons. The minimum Gasteiger partial charge on any atom is -0.374 e. The molecule has 0 saturated carbocycles. The summed E-state index contributed by atoms with van der Waals surface area (Å²) >= 11 is 0. The molecule has 1 aliphatic heterocycles. The minimum absolute atomic E-state index is 0.308. The molecule has 0 atom stereocenters. The fraction of sp³-hybridized carbons (Fsp3) is 0.529. The maximum Gasteiger partial charge on any atom is 0.261 e. The van der Waals surface area contributed by atoms with E-state index >= 15 is 0 Å². The normalized spacial score (nSPS) is 16.4. The molecule has 1 saturated heterocycles. The summed E-state index contributed by atoms with van der Waals surface area (Å²) in [6.07, 6.45) is 6.24. The number of aromatic nitrogens is 4. The van der Waals surface area contributed by atoms with Gasteiger partial charge in [-0.05, 0) is 32.0 Å². The van der Waals surface area contributed by atoms with Gasteiger partial charge < -0.3 is 9.64 Å². The van der Waals surface area contributed by atoms with Crippen LogP contribution in [0.25, 0.3) is 11.3 Å². The summed E-state index contributed by atoms with van der Waals surface area (Å²) in [6, 6.07) is 1.86. The zero-order chi connectivity index (χ0) is 17.5. The van der Waals surface area contributed by atoms with Crippen molar-refractivity contribution in [3.05, 3.63) is 36.8 Å². The van der Waals surface area contributed by atoms with Crippen molar-refractivity contribution in [1.29, 1.82) is 0 Å². The molecule has 1 fully saturated rings. The van der Waals surface area contributed by atoms with Gasteiger partial charge in [-0.25, -0.2) is 28.7 Å². The molecule has 0 unspecified atom stereocenters. The van der Waals surface area contributed by atoms with Gasteiger partial charge in [0.25, 0.3) is 6.43 Å². The summed E-state index contributed by atoms with van der Waals surface area (Å²) in [5, 5.41) is 0. The number of likely N-dealkylation sites (tertiary alicyclic amines) is 1. The van der Waals surface area contributed by atoms with Crippen LogP contribution in [0.4, 0.5) is 8.78 Å². The van der Waals surface area contributed by atoms with Crippen LogP contribution in [0.15, 0.2) is 31.0 Å². The highest BCUT2D eigenvalue weighted by Gasteiger charge is 2.22. The molecule has 0 spiro atoms. The number of hydrogen-bond acceptors (Lipinski definition) is 6. The van der Waals surface area contributed by atoms with E-state index in [1.54, 1.807) is 18.6 Å². The zero-order valence-corrected chi connectivity index (χ0v) is 13.9. The van der Waals surface area contributed by atoms with E-state index in [2.05, 4.69) is 24.8 Å². The van der Waals surface area contributed by atoms with E-state index in [1.807, 2.05) is 6.07 Å². The van der Waals surface area contributed by atoms with E-state index in [4.69, 9.17) is 4.74 Å². The Morgan fingerprint density at radius 2 is 1.96 bits per heavy atom. The van der Waals surface area contributed by atoms with Gasteiger partial charge in [0.15, 0.2) is 0 Å². The molecule has 0 aromatic carbocycles. The van der Waals surface area contributed by atoms with E-state index in [0.29, 0.717) is 19.1 Å². The molecule has 2 aromatic heterocycles. The second-order valence-electron chi connectivity index (χ2n) is 6.01. The Balaban J connectivity index is 1.51. The summed E-state index contributed by atoms with van der Waals surface area (Å²) in [4.78, 5) is 19.4. The standard InChI is InChI=1S/C17H21F2N5O/c18-16(19)11-25-8-7-24-5-2-13(3-6-24)17-22-4-1-15(23-17)14-9-20-12-21-10-14/h1,4,9-10,12-13,16H,2-3,5-8,11H2. The molecule has 0 bridgehead atoms. The number of alkyl halides is 2. The van der Waals surface area contributed by atoms with Crippen LogP contribution in [0.5, 0.6) is 0 Å². The van der Waals surface area contributed by atoms with Gasteiger partial charge in [0, 0.05) is 36.6 Å². The number of nitrogens with zero attached hydrogens (tertiary/aromatic N) is 5. The van der Waals surface area contributed by atoms with Crippen LogP contribution in [0.3, 0.4) is 0 Å². The van der Waals surface area contributed by atoms with Crippen LogP contribution in [0.1, 0.15) is 24.6 Å². The predicted molar refractivity (Wildman–Crippen MR) is 88.3 cm³/mol. The lowest BCUT2D eigenvalue weighted by atomic mass is 9.96. The lowest BCUT2D eigenvalue weighted by molar-refractivity contribution is 0.00783. The Morgan fingerprint density at radius 3 is 2.68 bits per heavy atom. The van der Waals surface area contributed by atoms with Crippen LogP contribution in [0, 0.1) is 0 Å². The fourth-order valence-electron chi connectivity index (χ4n) is 2.94. The van der Waals surface area contributed by atoms with Crippen LogP contribution in [-0.4, -0.2) is 64.1 Å². The van der Waals surface area contributed by atoms with Crippen molar-refractivity contribution in [2.24, 2.45) is 0 Å². The van der Waals surface area contributed by atoms with Crippen LogP contribution in [-0.2, 0) is 4.74 Å². The molecule has 25 heavy (non-hydrogen) atoms. The maximum atomic E-state index is 12.0. The molecule has 0 N–H and O–H groups in total. The number of halogens is 2. The highest BCUT2D eigenvalue weighted by atomic mass is 19.3. The first kappa shape index (κ1) is 17.8. The Hall–Kier alpha value is -2.06. The summed E-state index contributed by atoms with van der Waals surface area (Å²) < 4.78 is 29.0. The lowest BCUT2D eigenvalue weighted by Crippen LogP contribution is -2.36.